The van der Waals surface area contributed by atoms with Gasteiger partial charge in [-0.2, -0.15) is 0 Å². The van der Waals surface area contributed by atoms with Crippen molar-refractivity contribution in [2.75, 3.05) is 33.4 Å². The van der Waals surface area contributed by atoms with E-state index in [9.17, 15) is 0 Å². The molecule has 0 bridgehead atoms. The van der Waals surface area contributed by atoms with E-state index in [0.717, 1.165) is 55.3 Å². The van der Waals surface area contributed by atoms with Crippen LogP contribution in [0.4, 0.5) is 0 Å². The van der Waals surface area contributed by atoms with Crippen LogP contribution in [0.2, 0.25) is 0 Å². The number of aromatic nitrogens is 3. The van der Waals surface area contributed by atoms with Gasteiger partial charge in [-0.1, -0.05) is 24.3 Å². The number of morpholine rings is 1. The lowest BCUT2D eigenvalue weighted by molar-refractivity contribution is -0.0351. The first-order valence-corrected chi connectivity index (χ1v) is 11.3. The molecule has 1 saturated heterocycles. The van der Waals surface area contributed by atoms with Crippen molar-refractivity contribution in [3.8, 4) is 0 Å². The summed E-state index contributed by atoms with van der Waals surface area (Å²) in [6.07, 6.45) is 5.47. The highest BCUT2D eigenvalue weighted by atomic mass is 16.5. The van der Waals surface area contributed by atoms with Crippen molar-refractivity contribution in [3.05, 3.63) is 88.3 Å². The van der Waals surface area contributed by atoms with Crippen LogP contribution < -0.4 is 0 Å². The number of ether oxygens (including phenoxy) is 2. The molecule has 32 heavy (non-hydrogen) atoms. The first kappa shape index (κ1) is 22.5. The number of nitrogens with zero attached hydrogens (tertiary/aromatic N) is 4. The third-order valence-electron chi connectivity index (χ3n) is 5.86. The van der Waals surface area contributed by atoms with Crippen LogP contribution in [0.1, 0.15) is 45.6 Å². The average molecular weight is 433 g/mol. The maximum absolute atomic E-state index is 6.13. The molecule has 0 aliphatic carbocycles. The summed E-state index contributed by atoms with van der Waals surface area (Å²) >= 11 is 0. The van der Waals surface area contributed by atoms with Gasteiger partial charge in [-0.05, 0) is 49.1 Å². The highest BCUT2D eigenvalue weighted by molar-refractivity contribution is 5.33. The van der Waals surface area contributed by atoms with Crippen LogP contribution in [-0.2, 0) is 28.9 Å². The molecule has 0 N–H and O–H groups in total. The van der Waals surface area contributed by atoms with Gasteiger partial charge in [0.05, 0.1) is 18.9 Å². The minimum Gasteiger partial charge on any atom is -0.384 e. The summed E-state index contributed by atoms with van der Waals surface area (Å²) in [6, 6.07) is 12.9. The molecule has 1 aliphatic rings. The van der Waals surface area contributed by atoms with Gasteiger partial charge >= 0.3 is 0 Å². The van der Waals surface area contributed by atoms with Crippen molar-refractivity contribution < 1.29 is 9.47 Å². The van der Waals surface area contributed by atoms with Crippen molar-refractivity contribution in [1.82, 2.24) is 19.9 Å². The van der Waals surface area contributed by atoms with Crippen LogP contribution in [0.5, 0.6) is 0 Å². The minimum absolute atomic E-state index is 0.0267. The summed E-state index contributed by atoms with van der Waals surface area (Å²) in [5, 5.41) is 0. The largest absolute Gasteiger partial charge is 0.384 e. The molecule has 0 spiro atoms. The first-order chi connectivity index (χ1) is 15.6. The monoisotopic (exact) mass is 432 g/mol. The third-order valence-corrected chi connectivity index (χ3v) is 5.86. The predicted octanol–water partition coefficient (Wildman–Crippen LogP) is 3.84. The zero-order chi connectivity index (χ0) is 22.3. The summed E-state index contributed by atoms with van der Waals surface area (Å²) in [7, 11) is 1.69. The number of aryl methyl sites for hydroxylation is 2. The second-order valence-electron chi connectivity index (χ2n) is 8.49. The molecule has 0 radical (unpaired) electrons. The van der Waals surface area contributed by atoms with Crippen molar-refractivity contribution >= 4 is 0 Å². The van der Waals surface area contributed by atoms with E-state index in [1.807, 2.05) is 12.4 Å². The van der Waals surface area contributed by atoms with Crippen LogP contribution in [0.3, 0.4) is 0 Å². The SMILES string of the molecule is COCCc1ncc(CN2CCO[C@H](c3cc(Cc4ccccc4C)cc(C)n3)C2)cn1. The van der Waals surface area contributed by atoms with Gasteiger partial charge in [0, 0.05) is 56.8 Å². The number of hydrogen-bond acceptors (Lipinski definition) is 6. The summed E-state index contributed by atoms with van der Waals surface area (Å²) in [6.45, 7) is 8.08. The predicted molar refractivity (Wildman–Crippen MR) is 125 cm³/mol. The standard InChI is InChI=1S/C26H32N4O2/c1-19-6-4-5-7-23(19)13-21-12-20(2)29-24(14-21)25-18-30(9-11-32-25)17-22-15-27-26(28-16-22)8-10-31-3/h4-7,12,14-16,25H,8-11,13,17-18H2,1-3H3/t25-/m0/s1. The van der Waals surface area contributed by atoms with Gasteiger partial charge in [0.1, 0.15) is 11.9 Å². The zero-order valence-corrected chi connectivity index (χ0v) is 19.3. The van der Waals surface area contributed by atoms with E-state index in [2.05, 4.69) is 65.1 Å². The number of hydrogen-bond donors (Lipinski definition) is 0. The van der Waals surface area contributed by atoms with Crippen LogP contribution in [-0.4, -0.2) is 53.3 Å². The fourth-order valence-electron chi connectivity index (χ4n) is 4.13. The van der Waals surface area contributed by atoms with Gasteiger partial charge in [0.25, 0.3) is 0 Å². The quantitative estimate of drug-likeness (QED) is 0.539. The summed E-state index contributed by atoms with van der Waals surface area (Å²) in [4.78, 5) is 16.1. The smallest absolute Gasteiger partial charge is 0.130 e. The molecular weight excluding hydrogens is 400 g/mol. The second kappa shape index (κ2) is 10.8. The Kier molecular flexibility index (Phi) is 7.58. The maximum atomic E-state index is 6.13. The summed E-state index contributed by atoms with van der Waals surface area (Å²) in [5.74, 6) is 0.820. The number of rotatable bonds is 8. The molecule has 3 aromatic rings. The second-order valence-corrected chi connectivity index (χ2v) is 8.49. The Hall–Kier alpha value is -2.67. The topological polar surface area (TPSA) is 60.4 Å². The van der Waals surface area contributed by atoms with Crippen LogP contribution in [0.15, 0.2) is 48.8 Å². The molecule has 2 aromatic heterocycles. The third kappa shape index (κ3) is 5.97. The van der Waals surface area contributed by atoms with Crippen molar-refractivity contribution in [3.63, 3.8) is 0 Å². The van der Waals surface area contributed by atoms with E-state index in [0.29, 0.717) is 13.2 Å². The Balaban J connectivity index is 1.42. The molecular formula is C26H32N4O2. The van der Waals surface area contributed by atoms with E-state index >= 15 is 0 Å². The van der Waals surface area contributed by atoms with E-state index < -0.39 is 0 Å². The Morgan fingerprint density at radius 3 is 2.69 bits per heavy atom. The highest BCUT2D eigenvalue weighted by Gasteiger charge is 2.24. The first-order valence-electron chi connectivity index (χ1n) is 11.3. The Morgan fingerprint density at radius 1 is 1.09 bits per heavy atom. The lowest BCUT2D eigenvalue weighted by Gasteiger charge is -2.32. The Bertz CT molecular complexity index is 1020. The summed E-state index contributed by atoms with van der Waals surface area (Å²) < 4.78 is 11.2. The Labute approximate surface area is 190 Å². The van der Waals surface area contributed by atoms with Gasteiger partial charge in [0.2, 0.25) is 0 Å². The molecule has 0 unspecified atom stereocenters. The number of pyridine rings is 1. The molecule has 6 nitrogen and oxygen atoms in total. The van der Waals surface area contributed by atoms with Crippen LogP contribution >= 0.6 is 0 Å². The molecule has 3 heterocycles. The van der Waals surface area contributed by atoms with Gasteiger partial charge in [0.15, 0.2) is 0 Å². The molecule has 1 atom stereocenters. The van der Waals surface area contributed by atoms with E-state index in [1.54, 1.807) is 7.11 Å². The minimum atomic E-state index is -0.0267. The molecule has 4 rings (SSSR count). The number of benzene rings is 1. The Morgan fingerprint density at radius 2 is 1.91 bits per heavy atom. The van der Waals surface area contributed by atoms with Crippen LogP contribution in [0.25, 0.3) is 0 Å². The normalized spacial score (nSPS) is 16.9. The average Bonchev–Trinajstić information content (AvgIpc) is 2.80. The lowest BCUT2D eigenvalue weighted by atomic mass is 9.99. The van der Waals surface area contributed by atoms with Gasteiger partial charge in [-0.15, -0.1) is 0 Å². The van der Waals surface area contributed by atoms with Crippen LogP contribution in [0, 0.1) is 13.8 Å². The molecule has 0 saturated carbocycles. The fraction of sp³-hybridized carbons (Fsp3) is 0.423. The molecule has 1 aliphatic heterocycles. The van der Waals surface area contributed by atoms with Crippen molar-refractivity contribution in [1.29, 1.82) is 0 Å². The summed E-state index contributed by atoms with van der Waals surface area (Å²) in [5.41, 5.74) is 7.12. The van der Waals surface area contributed by atoms with Crippen molar-refractivity contribution in [2.45, 2.75) is 39.3 Å². The van der Waals surface area contributed by atoms with Crippen molar-refractivity contribution in [2.24, 2.45) is 0 Å². The molecule has 168 valence electrons. The zero-order valence-electron chi connectivity index (χ0n) is 19.3. The number of methoxy groups -OCH3 is 1. The highest BCUT2D eigenvalue weighted by Crippen LogP contribution is 2.24. The van der Waals surface area contributed by atoms with Gasteiger partial charge < -0.3 is 9.47 Å². The van der Waals surface area contributed by atoms with Gasteiger partial charge in [-0.3, -0.25) is 9.88 Å². The molecule has 6 heteroatoms. The molecule has 1 aromatic carbocycles. The van der Waals surface area contributed by atoms with E-state index in [4.69, 9.17) is 14.5 Å². The molecule has 0 amide bonds. The van der Waals surface area contributed by atoms with Gasteiger partial charge in [-0.25, -0.2) is 9.97 Å². The van der Waals surface area contributed by atoms with E-state index in [1.165, 1.54) is 16.7 Å². The lowest BCUT2D eigenvalue weighted by Crippen LogP contribution is -2.38. The molecule has 1 fully saturated rings. The van der Waals surface area contributed by atoms with E-state index in [-0.39, 0.29) is 6.10 Å². The fourth-order valence-corrected chi connectivity index (χ4v) is 4.13. The maximum Gasteiger partial charge on any atom is 0.130 e.